The van der Waals surface area contributed by atoms with Crippen LogP contribution in [0.5, 0.6) is 0 Å². The molecule has 0 bridgehead atoms. The third-order valence-electron chi connectivity index (χ3n) is 7.83. The molecule has 0 saturated carbocycles. The molecule has 0 radical (unpaired) electrons. The van der Waals surface area contributed by atoms with E-state index >= 15 is 0 Å². The van der Waals surface area contributed by atoms with Gasteiger partial charge in [0.2, 0.25) is 5.91 Å². The average Bonchev–Trinajstić information content (AvgIpc) is 2.80. The highest BCUT2D eigenvalue weighted by atomic mass is 16.2. The Hall–Kier alpha value is -1.46. The summed E-state index contributed by atoms with van der Waals surface area (Å²) in [4.78, 5) is 24.7. The van der Waals surface area contributed by atoms with Crippen LogP contribution < -0.4 is 0 Å². The van der Waals surface area contributed by atoms with Crippen molar-refractivity contribution in [2.75, 3.05) is 39.3 Å². The molecule has 3 fully saturated rings. The van der Waals surface area contributed by atoms with Gasteiger partial charge in [-0.1, -0.05) is 13.8 Å². The summed E-state index contributed by atoms with van der Waals surface area (Å²) >= 11 is 0. The maximum Gasteiger partial charge on any atom is 0.226 e. The number of piperidine rings is 3. The number of carbonyl (C=O) groups is 1. The minimum atomic E-state index is 0.226. The van der Waals surface area contributed by atoms with Crippen molar-refractivity contribution in [3.8, 4) is 0 Å². The molecule has 30 heavy (non-hydrogen) atoms. The molecule has 3 aliphatic rings. The van der Waals surface area contributed by atoms with E-state index in [-0.39, 0.29) is 5.92 Å². The Labute approximate surface area is 182 Å². The van der Waals surface area contributed by atoms with Gasteiger partial charge in [0, 0.05) is 44.6 Å². The van der Waals surface area contributed by atoms with Crippen LogP contribution in [0.15, 0.2) is 24.5 Å². The molecule has 0 unspecified atom stereocenters. The predicted molar refractivity (Wildman–Crippen MR) is 121 cm³/mol. The largest absolute Gasteiger partial charge is 0.342 e. The highest BCUT2D eigenvalue weighted by molar-refractivity contribution is 5.79. The zero-order valence-electron chi connectivity index (χ0n) is 19.0. The molecular weight excluding hydrogens is 372 g/mol. The van der Waals surface area contributed by atoms with Gasteiger partial charge < -0.3 is 4.90 Å². The molecule has 0 spiro atoms. The number of pyridine rings is 1. The summed E-state index contributed by atoms with van der Waals surface area (Å²) in [5.41, 5.74) is 1.35. The lowest BCUT2D eigenvalue weighted by Crippen LogP contribution is -2.52. The minimum absolute atomic E-state index is 0.226. The smallest absolute Gasteiger partial charge is 0.226 e. The first-order valence-corrected chi connectivity index (χ1v) is 12.2. The van der Waals surface area contributed by atoms with Crippen molar-refractivity contribution >= 4 is 5.91 Å². The Morgan fingerprint density at radius 1 is 1.00 bits per heavy atom. The van der Waals surface area contributed by atoms with Gasteiger partial charge in [-0.2, -0.15) is 0 Å². The molecule has 4 rings (SSSR count). The van der Waals surface area contributed by atoms with Crippen molar-refractivity contribution in [2.24, 2.45) is 17.8 Å². The Bertz CT molecular complexity index is 663. The fourth-order valence-corrected chi connectivity index (χ4v) is 5.77. The number of aromatic nitrogens is 1. The highest BCUT2D eigenvalue weighted by Crippen LogP contribution is 2.29. The highest BCUT2D eigenvalue weighted by Gasteiger charge is 2.34. The second-order valence-corrected chi connectivity index (χ2v) is 10.1. The maximum atomic E-state index is 13.2. The van der Waals surface area contributed by atoms with E-state index in [0.29, 0.717) is 11.9 Å². The van der Waals surface area contributed by atoms with Crippen LogP contribution in [-0.4, -0.2) is 70.9 Å². The van der Waals surface area contributed by atoms with E-state index < -0.39 is 0 Å². The SMILES string of the molecule is CC(C)C1CCN(C(=O)[C@H]2CCCN(C3CCN(Cc4ccncc4)CC3)C2)CC1. The normalized spacial score (nSPS) is 25.7. The third-order valence-corrected chi connectivity index (χ3v) is 7.83. The van der Waals surface area contributed by atoms with Crippen LogP contribution in [0.4, 0.5) is 0 Å². The van der Waals surface area contributed by atoms with Crippen LogP contribution in [0.3, 0.4) is 0 Å². The standard InChI is InChI=1S/C25H40N4O/c1-20(2)22-7-16-28(17-8-22)25(30)23-4-3-13-29(19-23)24-9-14-27(15-10-24)18-21-5-11-26-12-6-21/h5-6,11-12,20,22-24H,3-4,7-10,13-19H2,1-2H3/t23-/m0/s1. The summed E-state index contributed by atoms with van der Waals surface area (Å²) in [6, 6.07) is 4.90. The molecule has 1 amide bonds. The monoisotopic (exact) mass is 412 g/mol. The molecule has 1 aromatic rings. The van der Waals surface area contributed by atoms with Gasteiger partial charge in [-0.15, -0.1) is 0 Å². The summed E-state index contributed by atoms with van der Waals surface area (Å²) in [5, 5.41) is 0. The van der Waals surface area contributed by atoms with Gasteiger partial charge in [-0.25, -0.2) is 0 Å². The Kier molecular flexibility index (Phi) is 7.42. The molecular formula is C25H40N4O. The Morgan fingerprint density at radius 2 is 1.70 bits per heavy atom. The van der Waals surface area contributed by atoms with Crippen LogP contribution in [-0.2, 0) is 11.3 Å². The molecule has 3 saturated heterocycles. The fraction of sp³-hybridized carbons (Fsp3) is 0.760. The number of likely N-dealkylation sites (tertiary alicyclic amines) is 3. The van der Waals surface area contributed by atoms with Crippen LogP contribution in [0.25, 0.3) is 0 Å². The second kappa shape index (κ2) is 10.2. The van der Waals surface area contributed by atoms with Gasteiger partial charge >= 0.3 is 0 Å². The van der Waals surface area contributed by atoms with E-state index in [1.54, 1.807) is 0 Å². The van der Waals surface area contributed by atoms with E-state index in [0.717, 1.165) is 57.5 Å². The van der Waals surface area contributed by atoms with E-state index in [1.165, 1.54) is 44.2 Å². The molecule has 5 nitrogen and oxygen atoms in total. The molecule has 0 aromatic carbocycles. The number of nitrogens with zero attached hydrogens (tertiary/aromatic N) is 4. The summed E-state index contributed by atoms with van der Waals surface area (Å²) in [7, 11) is 0. The van der Waals surface area contributed by atoms with Gasteiger partial charge in [0.1, 0.15) is 0 Å². The van der Waals surface area contributed by atoms with Crippen molar-refractivity contribution in [3.05, 3.63) is 30.1 Å². The zero-order chi connectivity index (χ0) is 20.9. The summed E-state index contributed by atoms with van der Waals surface area (Å²) in [6.45, 7) is 12.1. The van der Waals surface area contributed by atoms with Crippen LogP contribution >= 0.6 is 0 Å². The first-order chi connectivity index (χ1) is 14.6. The average molecular weight is 413 g/mol. The number of amides is 1. The van der Waals surface area contributed by atoms with Gasteiger partial charge in [-0.3, -0.25) is 19.6 Å². The molecule has 0 aliphatic carbocycles. The number of hydrogen-bond acceptors (Lipinski definition) is 4. The quantitative estimate of drug-likeness (QED) is 0.740. The van der Waals surface area contributed by atoms with E-state index in [1.807, 2.05) is 12.4 Å². The summed E-state index contributed by atoms with van der Waals surface area (Å²) in [5.74, 6) is 2.22. The van der Waals surface area contributed by atoms with Gasteiger partial charge in [0.15, 0.2) is 0 Å². The minimum Gasteiger partial charge on any atom is -0.342 e. The maximum absolute atomic E-state index is 13.2. The molecule has 0 N–H and O–H groups in total. The lowest BCUT2D eigenvalue weighted by Gasteiger charge is -2.43. The first kappa shape index (κ1) is 21.8. The number of carbonyl (C=O) groups excluding carboxylic acids is 1. The lowest BCUT2D eigenvalue weighted by molar-refractivity contribution is -0.139. The molecule has 1 atom stereocenters. The van der Waals surface area contributed by atoms with E-state index in [2.05, 4.69) is 45.7 Å². The van der Waals surface area contributed by atoms with Crippen LogP contribution in [0, 0.1) is 17.8 Å². The van der Waals surface area contributed by atoms with Crippen molar-refractivity contribution < 1.29 is 4.79 Å². The second-order valence-electron chi connectivity index (χ2n) is 10.1. The third kappa shape index (κ3) is 5.42. The van der Waals surface area contributed by atoms with Gasteiger partial charge in [-0.05, 0) is 87.7 Å². The summed E-state index contributed by atoms with van der Waals surface area (Å²) in [6.07, 6.45) is 10.9. The van der Waals surface area contributed by atoms with Crippen molar-refractivity contribution in [3.63, 3.8) is 0 Å². The van der Waals surface area contributed by atoms with E-state index in [4.69, 9.17) is 0 Å². The van der Waals surface area contributed by atoms with Gasteiger partial charge in [0.25, 0.3) is 0 Å². The van der Waals surface area contributed by atoms with Crippen molar-refractivity contribution in [1.29, 1.82) is 0 Å². The Balaban J connectivity index is 1.24. The van der Waals surface area contributed by atoms with E-state index in [9.17, 15) is 4.79 Å². The van der Waals surface area contributed by atoms with Crippen molar-refractivity contribution in [2.45, 2.75) is 65.0 Å². The predicted octanol–water partition coefficient (Wildman–Crippen LogP) is 3.65. The topological polar surface area (TPSA) is 39.7 Å². The molecule has 3 aliphatic heterocycles. The van der Waals surface area contributed by atoms with Crippen LogP contribution in [0.1, 0.15) is 57.9 Å². The van der Waals surface area contributed by atoms with Crippen LogP contribution in [0.2, 0.25) is 0 Å². The summed E-state index contributed by atoms with van der Waals surface area (Å²) < 4.78 is 0. The van der Waals surface area contributed by atoms with Crippen molar-refractivity contribution in [1.82, 2.24) is 19.7 Å². The molecule has 4 heterocycles. The molecule has 5 heteroatoms. The zero-order valence-corrected chi connectivity index (χ0v) is 19.0. The number of hydrogen-bond donors (Lipinski definition) is 0. The number of rotatable bonds is 5. The fourth-order valence-electron chi connectivity index (χ4n) is 5.77. The first-order valence-electron chi connectivity index (χ1n) is 12.2. The van der Waals surface area contributed by atoms with Gasteiger partial charge in [0.05, 0.1) is 5.92 Å². The molecule has 1 aromatic heterocycles. The molecule has 166 valence electrons. The lowest BCUT2D eigenvalue weighted by atomic mass is 9.86. The Morgan fingerprint density at radius 3 is 2.37 bits per heavy atom.